The van der Waals surface area contributed by atoms with Gasteiger partial charge in [0.1, 0.15) is 11.9 Å². The fraction of sp³-hybridized carbons (Fsp3) is 0.407. The maximum Gasteiger partial charge on any atom is 0.276 e. The summed E-state index contributed by atoms with van der Waals surface area (Å²) in [6.45, 7) is 3.87. The molecule has 9 heteroatoms. The highest BCUT2D eigenvalue weighted by Gasteiger charge is 2.33. The van der Waals surface area contributed by atoms with Gasteiger partial charge in [0, 0.05) is 24.7 Å². The molecule has 1 atom stereocenters. The number of hydrogen-bond donors (Lipinski definition) is 1. The van der Waals surface area contributed by atoms with Crippen LogP contribution in [0.5, 0.6) is 5.75 Å². The molecule has 1 N–H and O–H groups in total. The Morgan fingerprint density at radius 2 is 1.81 bits per heavy atom. The Hall–Kier alpha value is -3.72. The first-order chi connectivity index (χ1) is 17.6. The zero-order valence-corrected chi connectivity index (χ0v) is 20.6. The molecule has 3 heterocycles. The van der Waals surface area contributed by atoms with Gasteiger partial charge in [-0.15, -0.1) is 5.10 Å². The van der Waals surface area contributed by atoms with Crippen LogP contribution < -0.4 is 10.1 Å². The number of ether oxygens (including phenoxy) is 2. The normalized spacial score (nSPS) is 17.9. The van der Waals surface area contributed by atoms with Gasteiger partial charge in [-0.25, -0.2) is 4.68 Å². The fourth-order valence-corrected chi connectivity index (χ4v) is 4.76. The number of anilines is 1. The summed E-state index contributed by atoms with van der Waals surface area (Å²) < 4.78 is 13.0. The van der Waals surface area contributed by atoms with Gasteiger partial charge < -0.3 is 19.7 Å². The maximum absolute atomic E-state index is 13.2. The van der Waals surface area contributed by atoms with E-state index < -0.39 is 0 Å². The highest BCUT2D eigenvalue weighted by atomic mass is 16.5. The molecule has 9 nitrogen and oxygen atoms in total. The van der Waals surface area contributed by atoms with Crippen molar-refractivity contribution in [2.24, 2.45) is 5.92 Å². The summed E-state index contributed by atoms with van der Waals surface area (Å²) in [6, 6.07) is 15.7. The second kappa shape index (κ2) is 10.5. The number of carbonyl (C=O) groups is 2. The molecule has 1 aromatic heterocycles. The van der Waals surface area contributed by atoms with Gasteiger partial charge in [-0.05, 0) is 54.7 Å². The summed E-state index contributed by atoms with van der Waals surface area (Å²) in [6.07, 6.45) is 2.03. The molecule has 0 spiro atoms. The predicted molar refractivity (Wildman–Crippen MR) is 134 cm³/mol. The number of benzene rings is 2. The van der Waals surface area contributed by atoms with E-state index in [-0.39, 0.29) is 30.4 Å². The SMILES string of the molecule is CCc1ccc(NC(=O)C2CCN(C(=O)c3nnn4c3CO[C@H](c3ccc(OC)cc3)C4)CC2)cc1. The summed E-state index contributed by atoms with van der Waals surface area (Å²) in [7, 11) is 1.63. The number of piperidine rings is 1. The molecule has 1 saturated heterocycles. The smallest absolute Gasteiger partial charge is 0.276 e. The van der Waals surface area contributed by atoms with E-state index in [4.69, 9.17) is 9.47 Å². The monoisotopic (exact) mass is 489 g/mol. The van der Waals surface area contributed by atoms with E-state index in [1.807, 2.05) is 48.5 Å². The quantitative estimate of drug-likeness (QED) is 0.568. The van der Waals surface area contributed by atoms with E-state index >= 15 is 0 Å². The molecule has 3 aromatic rings. The molecule has 0 saturated carbocycles. The van der Waals surface area contributed by atoms with Crippen LogP contribution in [-0.2, 0) is 29.1 Å². The van der Waals surface area contributed by atoms with Crippen molar-refractivity contribution in [2.75, 3.05) is 25.5 Å². The molecular weight excluding hydrogens is 458 g/mol. The number of methoxy groups -OCH3 is 1. The van der Waals surface area contributed by atoms with E-state index in [1.165, 1.54) is 5.56 Å². The van der Waals surface area contributed by atoms with Gasteiger partial charge in [0.05, 0.1) is 26.0 Å². The van der Waals surface area contributed by atoms with Crippen molar-refractivity contribution in [1.82, 2.24) is 19.9 Å². The van der Waals surface area contributed by atoms with Gasteiger partial charge in [-0.3, -0.25) is 9.59 Å². The predicted octanol–water partition coefficient (Wildman–Crippen LogP) is 3.61. The van der Waals surface area contributed by atoms with Crippen LogP contribution in [-0.4, -0.2) is 51.9 Å². The number of amides is 2. The summed E-state index contributed by atoms with van der Waals surface area (Å²) in [4.78, 5) is 27.7. The zero-order chi connectivity index (χ0) is 25.1. The van der Waals surface area contributed by atoms with Crippen molar-refractivity contribution in [1.29, 1.82) is 0 Å². The van der Waals surface area contributed by atoms with Crippen LogP contribution in [0.25, 0.3) is 0 Å². The van der Waals surface area contributed by atoms with Crippen LogP contribution in [0.3, 0.4) is 0 Å². The fourth-order valence-electron chi connectivity index (χ4n) is 4.76. The van der Waals surface area contributed by atoms with Gasteiger partial charge in [0.2, 0.25) is 5.91 Å². The third kappa shape index (κ3) is 4.97. The molecule has 2 aliphatic rings. The van der Waals surface area contributed by atoms with Gasteiger partial charge >= 0.3 is 0 Å². The van der Waals surface area contributed by atoms with Crippen molar-refractivity contribution in [3.63, 3.8) is 0 Å². The third-order valence-corrected chi connectivity index (χ3v) is 7.07. The molecule has 0 radical (unpaired) electrons. The largest absolute Gasteiger partial charge is 0.497 e. The van der Waals surface area contributed by atoms with E-state index in [9.17, 15) is 9.59 Å². The summed E-state index contributed by atoms with van der Waals surface area (Å²) in [5.41, 5.74) is 4.09. The van der Waals surface area contributed by atoms with Crippen LogP contribution in [0, 0.1) is 5.92 Å². The van der Waals surface area contributed by atoms with E-state index in [0.717, 1.165) is 23.4 Å². The molecule has 2 aliphatic heterocycles. The van der Waals surface area contributed by atoms with Crippen LogP contribution in [0.2, 0.25) is 0 Å². The highest BCUT2D eigenvalue weighted by Crippen LogP contribution is 2.29. The highest BCUT2D eigenvalue weighted by molar-refractivity contribution is 5.94. The lowest BCUT2D eigenvalue weighted by Crippen LogP contribution is -2.42. The standard InChI is InChI=1S/C27H31N5O4/c1-3-18-4-8-21(9-5-18)28-26(33)20-12-14-31(15-13-20)27(34)25-23-17-36-24(16-32(23)30-29-25)19-6-10-22(35-2)11-7-19/h4-11,20,24H,3,12-17H2,1-2H3,(H,28,33)/t24-/m0/s1. The number of fused-ring (bicyclic) bond motifs is 1. The minimum atomic E-state index is -0.166. The Labute approximate surface area is 210 Å². The Balaban J connectivity index is 1.17. The molecule has 2 aromatic carbocycles. The number of aryl methyl sites for hydroxylation is 1. The number of hydrogen-bond acceptors (Lipinski definition) is 6. The molecule has 1 fully saturated rings. The molecule has 2 amide bonds. The van der Waals surface area contributed by atoms with Gasteiger partial charge in [0.15, 0.2) is 5.69 Å². The first-order valence-electron chi connectivity index (χ1n) is 12.4. The van der Waals surface area contributed by atoms with Gasteiger partial charge in [0.25, 0.3) is 5.91 Å². The minimum Gasteiger partial charge on any atom is -0.497 e. The van der Waals surface area contributed by atoms with E-state index in [2.05, 4.69) is 22.6 Å². The topological polar surface area (TPSA) is 98.6 Å². The molecule has 36 heavy (non-hydrogen) atoms. The lowest BCUT2D eigenvalue weighted by atomic mass is 9.95. The summed E-state index contributed by atoms with van der Waals surface area (Å²) in [5, 5.41) is 11.4. The van der Waals surface area contributed by atoms with E-state index in [1.54, 1.807) is 16.7 Å². The zero-order valence-electron chi connectivity index (χ0n) is 20.6. The number of carbonyl (C=O) groups excluding carboxylic acids is 2. The molecule has 0 unspecified atom stereocenters. The van der Waals surface area contributed by atoms with Gasteiger partial charge in [-0.1, -0.05) is 36.4 Å². The Bertz CT molecular complexity index is 1210. The average molecular weight is 490 g/mol. The second-order valence-electron chi connectivity index (χ2n) is 9.25. The van der Waals surface area contributed by atoms with E-state index in [0.29, 0.717) is 43.9 Å². The first kappa shape index (κ1) is 24.0. The third-order valence-electron chi connectivity index (χ3n) is 7.07. The number of nitrogens with zero attached hydrogens (tertiary/aromatic N) is 4. The molecule has 0 bridgehead atoms. The average Bonchev–Trinajstić information content (AvgIpc) is 3.36. The lowest BCUT2D eigenvalue weighted by molar-refractivity contribution is -0.121. The molecular formula is C27H31N5O4. The number of nitrogens with one attached hydrogen (secondary N) is 1. The van der Waals surface area contributed by atoms with Crippen molar-refractivity contribution >= 4 is 17.5 Å². The Morgan fingerprint density at radius 3 is 2.47 bits per heavy atom. The van der Waals surface area contributed by atoms with Crippen LogP contribution in [0.1, 0.15) is 53.2 Å². The lowest BCUT2D eigenvalue weighted by Gasteiger charge is -2.31. The number of rotatable bonds is 6. The second-order valence-corrected chi connectivity index (χ2v) is 9.25. The first-order valence-corrected chi connectivity index (χ1v) is 12.4. The minimum absolute atomic E-state index is 0.00496. The summed E-state index contributed by atoms with van der Waals surface area (Å²) in [5.74, 6) is 0.514. The van der Waals surface area contributed by atoms with Crippen LogP contribution >= 0.6 is 0 Å². The Kier molecular flexibility index (Phi) is 6.99. The molecule has 0 aliphatic carbocycles. The number of likely N-dealkylation sites (tertiary alicyclic amines) is 1. The maximum atomic E-state index is 13.2. The van der Waals surface area contributed by atoms with Crippen LogP contribution in [0.15, 0.2) is 48.5 Å². The Morgan fingerprint density at radius 1 is 1.08 bits per heavy atom. The summed E-state index contributed by atoms with van der Waals surface area (Å²) >= 11 is 0. The van der Waals surface area contributed by atoms with Gasteiger partial charge in [-0.2, -0.15) is 0 Å². The number of aromatic nitrogens is 3. The van der Waals surface area contributed by atoms with Crippen LogP contribution in [0.4, 0.5) is 5.69 Å². The van der Waals surface area contributed by atoms with Crippen molar-refractivity contribution in [2.45, 2.75) is 45.4 Å². The van der Waals surface area contributed by atoms with Crippen molar-refractivity contribution < 1.29 is 19.1 Å². The van der Waals surface area contributed by atoms with Crippen molar-refractivity contribution in [3.8, 4) is 5.75 Å². The van der Waals surface area contributed by atoms with Crippen molar-refractivity contribution in [3.05, 3.63) is 71.0 Å². The molecule has 188 valence electrons. The molecule has 5 rings (SSSR count).